The fraction of sp³-hybridized carbons (Fsp3) is 0.889. The molecule has 0 aliphatic carbocycles. The lowest BCUT2D eigenvalue weighted by Gasteiger charge is -2.21. The second-order valence-corrected chi connectivity index (χ2v) is 3.29. The van der Waals surface area contributed by atoms with Gasteiger partial charge in [0.05, 0.1) is 0 Å². The monoisotopic (exact) mass is 187 g/mol. The summed E-state index contributed by atoms with van der Waals surface area (Å²) < 4.78 is 0. The first-order valence-corrected chi connectivity index (χ1v) is 4.73. The molecular weight excluding hydrogens is 166 g/mol. The van der Waals surface area contributed by atoms with Crippen LogP contribution in [0.1, 0.15) is 13.3 Å². The molecule has 0 rings (SSSR count). The number of hydrogen-bond acceptors (Lipinski definition) is 2. The average molecular weight is 187 g/mol. The molecule has 13 heavy (non-hydrogen) atoms. The highest BCUT2D eigenvalue weighted by Gasteiger charge is 2.07. The molecule has 0 aromatic rings. The zero-order valence-corrected chi connectivity index (χ0v) is 9.13. The van der Waals surface area contributed by atoms with Crippen molar-refractivity contribution in [1.82, 2.24) is 15.1 Å². The third-order valence-electron chi connectivity index (χ3n) is 1.92. The normalized spacial score (nSPS) is 10.2. The van der Waals surface area contributed by atoms with Crippen LogP contribution in [0.15, 0.2) is 0 Å². The Bertz CT molecular complexity index is 148. The van der Waals surface area contributed by atoms with Gasteiger partial charge >= 0.3 is 6.03 Å². The third kappa shape index (κ3) is 5.47. The number of amides is 2. The fourth-order valence-electron chi connectivity index (χ4n) is 1.14. The molecule has 0 unspecified atom stereocenters. The van der Waals surface area contributed by atoms with E-state index in [2.05, 4.69) is 10.2 Å². The standard InChI is InChI=1S/C9H21N3O/c1-5-12(9(13)10-2)8-6-7-11(3)4/h5-8H2,1-4H3,(H,10,13). The Labute approximate surface area is 80.9 Å². The lowest BCUT2D eigenvalue weighted by atomic mass is 10.3. The van der Waals surface area contributed by atoms with Crippen LogP contribution in [0.5, 0.6) is 0 Å². The Hall–Kier alpha value is -0.770. The third-order valence-corrected chi connectivity index (χ3v) is 1.92. The number of carbonyl (C=O) groups is 1. The van der Waals surface area contributed by atoms with Crippen molar-refractivity contribution in [2.75, 3.05) is 40.8 Å². The summed E-state index contributed by atoms with van der Waals surface area (Å²) >= 11 is 0. The Morgan fingerprint density at radius 2 is 1.92 bits per heavy atom. The number of urea groups is 1. The zero-order valence-electron chi connectivity index (χ0n) is 9.13. The largest absolute Gasteiger partial charge is 0.341 e. The molecule has 0 atom stereocenters. The van der Waals surface area contributed by atoms with Crippen LogP contribution >= 0.6 is 0 Å². The van der Waals surface area contributed by atoms with Gasteiger partial charge in [0.1, 0.15) is 0 Å². The molecule has 0 aromatic heterocycles. The van der Waals surface area contributed by atoms with Gasteiger partial charge in [-0.05, 0) is 34.0 Å². The van der Waals surface area contributed by atoms with Gasteiger partial charge in [-0.2, -0.15) is 0 Å². The van der Waals surface area contributed by atoms with Gasteiger partial charge in [0.2, 0.25) is 0 Å². The van der Waals surface area contributed by atoms with Crippen LogP contribution in [0, 0.1) is 0 Å². The van der Waals surface area contributed by atoms with Crippen LogP contribution in [-0.2, 0) is 0 Å². The van der Waals surface area contributed by atoms with E-state index in [9.17, 15) is 4.79 Å². The molecule has 0 aliphatic heterocycles. The fourth-order valence-corrected chi connectivity index (χ4v) is 1.14. The van der Waals surface area contributed by atoms with E-state index in [-0.39, 0.29) is 6.03 Å². The molecule has 1 N–H and O–H groups in total. The molecular formula is C9H21N3O. The van der Waals surface area contributed by atoms with E-state index >= 15 is 0 Å². The maximum Gasteiger partial charge on any atom is 0.317 e. The molecule has 0 saturated carbocycles. The first kappa shape index (κ1) is 12.2. The summed E-state index contributed by atoms with van der Waals surface area (Å²) in [4.78, 5) is 15.2. The highest BCUT2D eigenvalue weighted by Crippen LogP contribution is 1.92. The highest BCUT2D eigenvalue weighted by molar-refractivity contribution is 5.73. The van der Waals surface area contributed by atoms with E-state index < -0.39 is 0 Å². The van der Waals surface area contributed by atoms with Crippen LogP contribution in [0.3, 0.4) is 0 Å². The van der Waals surface area contributed by atoms with E-state index in [1.54, 1.807) is 7.05 Å². The van der Waals surface area contributed by atoms with Gasteiger partial charge in [-0.1, -0.05) is 0 Å². The van der Waals surface area contributed by atoms with Crippen molar-refractivity contribution in [1.29, 1.82) is 0 Å². The number of nitrogens with one attached hydrogen (secondary N) is 1. The van der Waals surface area contributed by atoms with Crippen molar-refractivity contribution in [2.45, 2.75) is 13.3 Å². The summed E-state index contributed by atoms with van der Waals surface area (Å²) in [5.41, 5.74) is 0. The van der Waals surface area contributed by atoms with Crippen molar-refractivity contribution < 1.29 is 4.79 Å². The van der Waals surface area contributed by atoms with E-state index in [0.717, 1.165) is 26.1 Å². The first-order valence-electron chi connectivity index (χ1n) is 4.73. The van der Waals surface area contributed by atoms with Crippen LogP contribution in [0.25, 0.3) is 0 Å². The molecule has 0 heterocycles. The van der Waals surface area contributed by atoms with Gasteiger partial charge in [-0.3, -0.25) is 0 Å². The van der Waals surface area contributed by atoms with Gasteiger partial charge in [-0.15, -0.1) is 0 Å². The SMILES string of the molecule is CCN(CCCN(C)C)C(=O)NC. The smallest absolute Gasteiger partial charge is 0.317 e. The van der Waals surface area contributed by atoms with Crippen molar-refractivity contribution in [3.8, 4) is 0 Å². The van der Waals surface area contributed by atoms with Crippen LogP contribution in [0.2, 0.25) is 0 Å². The van der Waals surface area contributed by atoms with Gasteiger partial charge < -0.3 is 15.1 Å². The Morgan fingerprint density at radius 3 is 2.31 bits per heavy atom. The van der Waals surface area contributed by atoms with E-state index in [4.69, 9.17) is 0 Å². The quantitative estimate of drug-likeness (QED) is 0.684. The average Bonchev–Trinajstić information content (AvgIpc) is 2.11. The maximum atomic E-state index is 11.2. The topological polar surface area (TPSA) is 35.6 Å². The summed E-state index contributed by atoms with van der Waals surface area (Å²) in [6.07, 6.45) is 1.02. The molecule has 4 heteroatoms. The summed E-state index contributed by atoms with van der Waals surface area (Å²) in [5, 5.41) is 2.63. The Balaban J connectivity index is 3.66. The first-order chi connectivity index (χ1) is 6.11. The summed E-state index contributed by atoms with van der Waals surface area (Å²) in [7, 11) is 5.74. The van der Waals surface area contributed by atoms with Gasteiger partial charge in [0.25, 0.3) is 0 Å². The zero-order chi connectivity index (χ0) is 10.3. The second-order valence-electron chi connectivity index (χ2n) is 3.29. The predicted octanol–water partition coefficient (Wildman–Crippen LogP) is 0.599. The number of nitrogens with zero attached hydrogens (tertiary/aromatic N) is 2. The van der Waals surface area contributed by atoms with E-state index in [1.807, 2.05) is 25.9 Å². The second kappa shape index (κ2) is 6.71. The summed E-state index contributed by atoms with van der Waals surface area (Å²) in [5.74, 6) is 0. The summed E-state index contributed by atoms with van der Waals surface area (Å²) in [6, 6.07) is 0.0151. The van der Waals surface area contributed by atoms with Crippen LogP contribution < -0.4 is 5.32 Å². The van der Waals surface area contributed by atoms with Gasteiger partial charge in [0, 0.05) is 20.1 Å². The van der Waals surface area contributed by atoms with E-state index in [0.29, 0.717) is 0 Å². The molecule has 0 bridgehead atoms. The lowest BCUT2D eigenvalue weighted by molar-refractivity contribution is 0.200. The minimum absolute atomic E-state index is 0.0151. The number of rotatable bonds is 5. The van der Waals surface area contributed by atoms with Crippen LogP contribution in [-0.4, -0.2) is 56.6 Å². The molecule has 0 aliphatic rings. The van der Waals surface area contributed by atoms with E-state index in [1.165, 1.54) is 0 Å². The summed E-state index contributed by atoms with van der Waals surface area (Å²) in [6.45, 7) is 4.61. The Morgan fingerprint density at radius 1 is 1.31 bits per heavy atom. The molecule has 78 valence electrons. The molecule has 0 radical (unpaired) electrons. The van der Waals surface area contributed by atoms with Crippen LogP contribution in [0.4, 0.5) is 4.79 Å². The van der Waals surface area contributed by atoms with Gasteiger partial charge in [0.15, 0.2) is 0 Å². The minimum atomic E-state index is 0.0151. The molecule has 0 spiro atoms. The van der Waals surface area contributed by atoms with Crippen molar-refractivity contribution in [3.63, 3.8) is 0 Å². The maximum absolute atomic E-state index is 11.2. The Kier molecular flexibility index (Phi) is 6.32. The molecule has 0 fully saturated rings. The minimum Gasteiger partial charge on any atom is -0.341 e. The molecule has 0 aromatic carbocycles. The molecule has 4 nitrogen and oxygen atoms in total. The number of carbonyl (C=O) groups excluding carboxylic acids is 1. The van der Waals surface area contributed by atoms with Crippen molar-refractivity contribution in [3.05, 3.63) is 0 Å². The van der Waals surface area contributed by atoms with Crippen molar-refractivity contribution in [2.24, 2.45) is 0 Å². The predicted molar refractivity (Wildman–Crippen MR) is 54.9 cm³/mol. The lowest BCUT2D eigenvalue weighted by Crippen LogP contribution is -2.39. The van der Waals surface area contributed by atoms with Crippen molar-refractivity contribution >= 4 is 6.03 Å². The molecule has 2 amide bonds. The highest BCUT2D eigenvalue weighted by atomic mass is 16.2. The van der Waals surface area contributed by atoms with Gasteiger partial charge in [-0.25, -0.2) is 4.79 Å². The number of hydrogen-bond donors (Lipinski definition) is 1. The molecule has 0 saturated heterocycles.